The molecule has 0 saturated heterocycles. The van der Waals surface area contributed by atoms with Gasteiger partial charge in [-0.1, -0.05) is 49.9 Å². The van der Waals surface area contributed by atoms with E-state index < -0.39 is 5.54 Å². The molecule has 1 aromatic carbocycles. The molecule has 1 aliphatic carbocycles. The third kappa shape index (κ3) is 3.85. The Balaban J connectivity index is 1.54. The predicted molar refractivity (Wildman–Crippen MR) is 128 cm³/mol. The molecule has 6 nitrogen and oxygen atoms in total. The second kappa shape index (κ2) is 8.40. The Morgan fingerprint density at radius 3 is 2.58 bits per heavy atom. The Hall–Kier alpha value is -3.02. The van der Waals surface area contributed by atoms with Crippen LogP contribution in [0.4, 0.5) is 0 Å². The number of nitrogens with one attached hydrogen (secondary N) is 1. The molecule has 33 heavy (non-hydrogen) atoms. The van der Waals surface area contributed by atoms with E-state index >= 15 is 0 Å². The van der Waals surface area contributed by atoms with Crippen LogP contribution >= 0.6 is 0 Å². The minimum Gasteiger partial charge on any atom is -0.460 e. The van der Waals surface area contributed by atoms with Crippen LogP contribution in [0, 0.1) is 13.8 Å². The zero-order valence-electron chi connectivity index (χ0n) is 19.8. The monoisotopic (exact) mass is 447 g/mol. The van der Waals surface area contributed by atoms with Crippen LogP contribution in [0.3, 0.4) is 0 Å². The van der Waals surface area contributed by atoms with E-state index in [1.54, 1.807) is 4.90 Å². The Bertz CT molecular complexity index is 1200. The topological polar surface area (TPSA) is 67.5 Å². The van der Waals surface area contributed by atoms with Crippen LogP contribution in [0.15, 0.2) is 40.8 Å². The van der Waals surface area contributed by atoms with E-state index in [-0.39, 0.29) is 17.9 Å². The van der Waals surface area contributed by atoms with Gasteiger partial charge in [0.25, 0.3) is 5.91 Å². The summed E-state index contributed by atoms with van der Waals surface area (Å²) in [5.74, 6) is 0.603. The maximum absolute atomic E-state index is 13.9. The summed E-state index contributed by atoms with van der Waals surface area (Å²) >= 11 is 0. The summed E-state index contributed by atoms with van der Waals surface area (Å²) in [6, 6.07) is 12.0. The molecule has 3 heterocycles. The number of carbonyl (C=O) groups is 2. The van der Waals surface area contributed by atoms with Crippen LogP contribution in [0.25, 0.3) is 11.1 Å². The quantitative estimate of drug-likeness (QED) is 0.566. The smallest absolute Gasteiger partial charge is 0.271 e. The van der Waals surface area contributed by atoms with Gasteiger partial charge in [-0.3, -0.25) is 9.59 Å². The van der Waals surface area contributed by atoms with Crippen LogP contribution in [0.2, 0.25) is 0 Å². The average molecular weight is 448 g/mol. The van der Waals surface area contributed by atoms with Crippen LogP contribution in [0.5, 0.6) is 0 Å². The van der Waals surface area contributed by atoms with Gasteiger partial charge in [0.1, 0.15) is 17.0 Å². The SMILES string of the molecule is Cc1cc2c(cc3n2CC(C)(C(=O)NC2CCCCCC2)N(Cc2ccccc2C)C3=O)o1. The van der Waals surface area contributed by atoms with Gasteiger partial charge < -0.3 is 19.2 Å². The van der Waals surface area contributed by atoms with Gasteiger partial charge in [-0.2, -0.15) is 0 Å². The first-order valence-electron chi connectivity index (χ1n) is 12.1. The lowest BCUT2D eigenvalue weighted by Gasteiger charge is -2.44. The number of carbonyl (C=O) groups excluding carboxylic acids is 2. The van der Waals surface area contributed by atoms with Crippen LogP contribution in [-0.2, 0) is 17.9 Å². The highest BCUT2D eigenvalue weighted by molar-refractivity contribution is 6.03. The standard InChI is InChI=1S/C27H33N3O3/c1-18-10-8-9-11-20(18)16-30-25(31)23-15-24-22(14-19(2)33-24)29(23)17-27(30,3)26(32)28-21-12-6-4-5-7-13-21/h8-11,14-15,21H,4-7,12-13,16-17H2,1-3H3,(H,28,32). The summed E-state index contributed by atoms with van der Waals surface area (Å²) < 4.78 is 7.78. The molecule has 2 aliphatic rings. The first kappa shape index (κ1) is 21.8. The molecule has 0 spiro atoms. The Kier molecular flexibility index (Phi) is 5.55. The van der Waals surface area contributed by atoms with E-state index in [4.69, 9.17) is 4.42 Å². The number of aromatic nitrogens is 1. The van der Waals surface area contributed by atoms with Crippen molar-refractivity contribution in [1.82, 2.24) is 14.8 Å². The molecule has 1 unspecified atom stereocenters. The summed E-state index contributed by atoms with van der Waals surface area (Å²) in [5, 5.41) is 3.33. The number of fused-ring (bicyclic) bond motifs is 3. The molecular formula is C27H33N3O3. The largest absolute Gasteiger partial charge is 0.460 e. The number of aryl methyl sites for hydroxylation is 2. The summed E-state index contributed by atoms with van der Waals surface area (Å²) in [5.41, 5.74) is 3.31. The van der Waals surface area contributed by atoms with Crippen molar-refractivity contribution in [2.45, 2.75) is 84.0 Å². The van der Waals surface area contributed by atoms with Crippen molar-refractivity contribution >= 4 is 22.9 Å². The first-order chi connectivity index (χ1) is 15.9. The van der Waals surface area contributed by atoms with Gasteiger partial charge in [0, 0.05) is 24.7 Å². The van der Waals surface area contributed by atoms with E-state index in [2.05, 4.69) is 5.32 Å². The fourth-order valence-electron chi connectivity index (χ4n) is 5.43. The van der Waals surface area contributed by atoms with Gasteiger partial charge in [-0.25, -0.2) is 0 Å². The van der Waals surface area contributed by atoms with Gasteiger partial charge in [0.05, 0.1) is 12.1 Å². The van der Waals surface area contributed by atoms with Crippen molar-refractivity contribution < 1.29 is 14.0 Å². The van der Waals surface area contributed by atoms with E-state index in [0.717, 1.165) is 48.1 Å². The molecular weight excluding hydrogens is 414 g/mol. The molecule has 0 radical (unpaired) electrons. The highest BCUT2D eigenvalue weighted by Crippen LogP contribution is 2.35. The number of furan rings is 1. The molecule has 6 heteroatoms. The Morgan fingerprint density at radius 1 is 1.12 bits per heavy atom. The lowest BCUT2D eigenvalue weighted by Crippen LogP contribution is -2.64. The molecule has 174 valence electrons. The number of rotatable bonds is 4. The molecule has 1 atom stereocenters. The fraction of sp³-hybridized carbons (Fsp3) is 0.481. The van der Waals surface area contributed by atoms with E-state index in [1.165, 1.54) is 12.8 Å². The summed E-state index contributed by atoms with van der Waals surface area (Å²) in [6.45, 7) is 6.66. The minimum atomic E-state index is -1.00. The number of hydrogen-bond acceptors (Lipinski definition) is 3. The molecule has 5 rings (SSSR count). The molecule has 3 aromatic rings. The average Bonchev–Trinajstić information content (AvgIpc) is 3.17. The molecule has 0 bridgehead atoms. The van der Waals surface area contributed by atoms with Gasteiger partial charge in [-0.05, 0) is 44.7 Å². The predicted octanol–water partition coefficient (Wildman–Crippen LogP) is 5.10. The summed E-state index contributed by atoms with van der Waals surface area (Å²) in [4.78, 5) is 29.5. The van der Waals surface area contributed by atoms with E-state index in [1.807, 2.05) is 61.7 Å². The molecule has 1 fully saturated rings. The van der Waals surface area contributed by atoms with Crippen molar-refractivity contribution in [3.05, 3.63) is 59.0 Å². The summed E-state index contributed by atoms with van der Waals surface area (Å²) in [7, 11) is 0. The first-order valence-corrected chi connectivity index (χ1v) is 12.1. The number of amides is 2. The second-order valence-electron chi connectivity index (χ2n) is 9.98. The molecule has 2 aromatic heterocycles. The van der Waals surface area contributed by atoms with Gasteiger partial charge in [-0.15, -0.1) is 0 Å². The Morgan fingerprint density at radius 2 is 1.85 bits per heavy atom. The lowest BCUT2D eigenvalue weighted by molar-refractivity contribution is -0.134. The summed E-state index contributed by atoms with van der Waals surface area (Å²) in [6.07, 6.45) is 6.76. The van der Waals surface area contributed by atoms with E-state index in [0.29, 0.717) is 24.4 Å². The highest BCUT2D eigenvalue weighted by atomic mass is 16.3. The fourth-order valence-corrected chi connectivity index (χ4v) is 5.43. The van der Waals surface area contributed by atoms with Crippen LogP contribution in [-0.4, -0.2) is 32.9 Å². The zero-order valence-corrected chi connectivity index (χ0v) is 19.8. The maximum Gasteiger partial charge on any atom is 0.271 e. The van der Waals surface area contributed by atoms with Crippen molar-refractivity contribution in [2.24, 2.45) is 0 Å². The maximum atomic E-state index is 13.9. The molecule has 1 N–H and O–H groups in total. The minimum absolute atomic E-state index is 0.0657. The van der Waals surface area contributed by atoms with Crippen molar-refractivity contribution in [3.8, 4) is 0 Å². The van der Waals surface area contributed by atoms with Crippen molar-refractivity contribution in [3.63, 3.8) is 0 Å². The molecule has 1 saturated carbocycles. The number of hydrogen-bond donors (Lipinski definition) is 1. The van der Waals surface area contributed by atoms with Gasteiger partial charge >= 0.3 is 0 Å². The van der Waals surface area contributed by atoms with Crippen LogP contribution < -0.4 is 5.32 Å². The zero-order chi connectivity index (χ0) is 23.2. The number of benzene rings is 1. The second-order valence-corrected chi connectivity index (χ2v) is 9.98. The van der Waals surface area contributed by atoms with Crippen LogP contribution in [0.1, 0.15) is 72.8 Å². The number of nitrogens with zero attached hydrogens (tertiary/aromatic N) is 2. The van der Waals surface area contributed by atoms with Crippen molar-refractivity contribution in [1.29, 1.82) is 0 Å². The third-order valence-corrected chi connectivity index (χ3v) is 7.51. The molecule has 1 aliphatic heterocycles. The van der Waals surface area contributed by atoms with Gasteiger partial charge in [0.15, 0.2) is 5.58 Å². The highest BCUT2D eigenvalue weighted by Gasteiger charge is 2.48. The normalized spacial score (nSPS) is 21.8. The molecule has 2 amide bonds. The van der Waals surface area contributed by atoms with Gasteiger partial charge in [0.2, 0.25) is 5.91 Å². The Labute approximate surface area is 194 Å². The van der Waals surface area contributed by atoms with Crippen molar-refractivity contribution in [2.75, 3.05) is 0 Å². The lowest BCUT2D eigenvalue weighted by atomic mass is 9.92. The van der Waals surface area contributed by atoms with E-state index in [9.17, 15) is 9.59 Å². The third-order valence-electron chi connectivity index (χ3n) is 7.51.